The molecule has 2 aliphatic heterocycles. The van der Waals surface area contributed by atoms with Crippen LogP contribution in [0.4, 0.5) is 0 Å². The number of aryl methyl sites for hydroxylation is 2. The molecule has 0 radical (unpaired) electrons. The summed E-state index contributed by atoms with van der Waals surface area (Å²) < 4.78 is 42.8. The van der Waals surface area contributed by atoms with Crippen molar-refractivity contribution in [2.45, 2.75) is 127 Å². The van der Waals surface area contributed by atoms with E-state index < -0.39 is 35.4 Å². The Kier molecular flexibility index (Phi) is 18.4. The van der Waals surface area contributed by atoms with Gasteiger partial charge in [-0.2, -0.15) is 0 Å². The van der Waals surface area contributed by atoms with Crippen LogP contribution in [0.2, 0.25) is 0 Å². The van der Waals surface area contributed by atoms with Gasteiger partial charge in [0.25, 0.3) is 0 Å². The van der Waals surface area contributed by atoms with Crippen LogP contribution in [0.3, 0.4) is 0 Å². The van der Waals surface area contributed by atoms with Crippen molar-refractivity contribution >= 4 is 12.3 Å². The molecule has 2 amide bonds. The van der Waals surface area contributed by atoms with Crippen LogP contribution in [0.15, 0.2) is 164 Å². The van der Waals surface area contributed by atoms with Gasteiger partial charge in [-0.15, -0.1) is 0 Å². The monoisotopic (exact) mass is 1010 g/mol. The lowest BCUT2D eigenvalue weighted by atomic mass is 9.82. The first-order valence-electron chi connectivity index (χ1n) is 26.9. The van der Waals surface area contributed by atoms with Gasteiger partial charge in [0.05, 0.1) is 39.6 Å². The molecule has 9 rings (SSSR count). The van der Waals surface area contributed by atoms with Gasteiger partial charge in [-0.3, -0.25) is 9.59 Å². The Morgan fingerprint density at radius 1 is 0.653 bits per heavy atom. The van der Waals surface area contributed by atoms with Crippen LogP contribution < -0.4 is 5.32 Å². The van der Waals surface area contributed by atoms with Gasteiger partial charge in [0.1, 0.15) is 29.6 Å². The van der Waals surface area contributed by atoms with Crippen molar-refractivity contribution in [3.8, 4) is 0 Å². The van der Waals surface area contributed by atoms with Crippen molar-refractivity contribution in [2.24, 2.45) is 0 Å². The topological polar surface area (TPSA) is 108 Å². The molecular formula is C64H75N3O8. The summed E-state index contributed by atoms with van der Waals surface area (Å²) in [6.07, 6.45) is 5.97. The van der Waals surface area contributed by atoms with Crippen LogP contribution in [0.5, 0.6) is 0 Å². The lowest BCUT2D eigenvalue weighted by Gasteiger charge is -2.51. The number of rotatable bonds is 26. The van der Waals surface area contributed by atoms with Crippen LogP contribution in [-0.4, -0.2) is 92.1 Å². The fourth-order valence-corrected chi connectivity index (χ4v) is 11.2. The number of hydrogen-bond donors (Lipinski definition) is 1. The SMILES string of the molecule is Cc1ccc([C@]23OC[C@](COCc4ccccc4)(O2)[C@@H](OCc2ccccc2)[C@H](OCc2ccccc2)[C@H]3OCc2ccccc2)cc1Cc1ccc(CCCC(=O)N(CCN(C)C)C2(NC=O)CCCCC2)cc1. The van der Waals surface area contributed by atoms with Gasteiger partial charge in [-0.1, -0.05) is 164 Å². The fourth-order valence-electron chi connectivity index (χ4n) is 11.2. The molecule has 11 nitrogen and oxygen atoms in total. The second kappa shape index (κ2) is 25.7. The molecule has 5 atom stereocenters. The van der Waals surface area contributed by atoms with E-state index in [0.29, 0.717) is 45.8 Å². The molecule has 6 aromatic carbocycles. The van der Waals surface area contributed by atoms with E-state index in [1.54, 1.807) is 0 Å². The summed E-state index contributed by atoms with van der Waals surface area (Å²) in [5.74, 6) is -1.30. The molecule has 0 aromatic heterocycles. The highest BCUT2D eigenvalue weighted by Crippen LogP contribution is 2.53. The second-order valence-corrected chi connectivity index (χ2v) is 21.0. The van der Waals surface area contributed by atoms with E-state index in [4.69, 9.17) is 28.4 Å². The number of carbonyl (C=O) groups excluding carboxylic acids is 2. The predicted molar refractivity (Wildman–Crippen MR) is 291 cm³/mol. The van der Waals surface area contributed by atoms with E-state index >= 15 is 0 Å². The Bertz CT molecular complexity index is 2700. The number of hydrogen-bond acceptors (Lipinski definition) is 9. The van der Waals surface area contributed by atoms with Crippen molar-refractivity contribution in [1.29, 1.82) is 0 Å². The second-order valence-electron chi connectivity index (χ2n) is 21.0. The first-order valence-corrected chi connectivity index (χ1v) is 26.9. The van der Waals surface area contributed by atoms with E-state index in [-0.39, 0.29) is 19.1 Å². The molecule has 1 N–H and O–H groups in total. The van der Waals surface area contributed by atoms with Crippen molar-refractivity contribution in [2.75, 3.05) is 40.4 Å². The highest BCUT2D eigenvalue weighted by Gasteiger charge is 2.69. The zero-order valence-corrected chi connectivity index (χ0v) is 44.1. The molecule has 2 bridgehead atoms. The van der Waals surface area contributed by atoms with Crippen molar-refractivity contribution < 1.29 is 38.0 Å². The maximum atomic E-state index is 14.0. The average Bonchev–Trinajstić information content (AvgIpc) is 3.79. The molecular weight excluding hydrogens is 939 g/mol. The van der Waals surface area contributed by atoms with Crippen LogP contribution in [0.25, 0.3) is 0 Å². The zero-order valence-electron chi connectivity index (χ0n) is 44.1. The van der Waals surface area contributed by atoms with Crippen molar-refractivity contribution in [1.82, 2.24) is 15.1 Å². The number of nitrogens with one attached hydrogen (secondary N) is 1. The smallest absolute Gasteiger partial charge is 0.225 e. The van der Waals surface area contributed by atoms with Crippen molar-refractivity contribution in [3.05, 3.63) is 214 Å². The Morgan fingerprint density at radius 3 is 1.80 bits per heavy atom. The first-order chi connectivity index (χ1) is 36.7. The average molecular weight is 1010 g/mol. The summed E-state index contributed by atoms with van der Waals surface area (Å²) >= 11 is 0. The molecule has 0 unspecified atom stereocenters. The Labute approximate surface area is 444 Å². The lowest BCUT2D eigenvalue weighted by Crippen LogP contribution is -2.67. The van der Waals surface area contributed by atoms with Gasteiger partial charge in [0, 0.05) is 25.1 Å². The number of nitrogens with zero attached hydrogens (tertiary/aromatic N) is 2. The fraction of sp³-hybridized carbons (Fsp3) is 0.406. The van der Waals surface area contributed by atoms with Gasteiger partial charge in [0.2, 0.25) is 18.1 Å². The molecule has 0 spiro atoms. The quantitative estimate of drug-likeness (QED) is 0.0420. The highest BCUT2D eigenvalue weighted by atomic mass is 16.8. The van der Waals surface area contributed by atoms with Gasteiger partial charge in [0.15, 0.2) is 0 Å². The largest absolute Gasteiger partial charge is 0.374 e. The van der Waals surface area contributed by atoms with Gasteiger partial charge < -0.3 is 43.5 Å². The lowest BCUT2D eigenvalue weighted by molar-refractivity contribution is -0.354. The molecule has 3 fully saturated rings. The Morgan fingerprint density at radius 2 is 1.21 bits per heavy atom. The standard InChI is InChI=1S/C64H75N3O8/c1-49-30-35-57(41-56(49)40-51-33-31-50(32-34-51)28-19-29-58(69)67(39-38-66(2)3)63(65-48-68)36-17-8-18-37-63)64-61(73-45-55-26-15-7-16-27-55)59(71-43-53-22-11-5-12-23-53)60(72-44-54-24-13-6-14-25-54)62(75-64,47-74-64)46-70-42-52-20-9-4-10-21-52/h4-7,9-16,20-27,30-35,41,48,59-61H,8,17-19,28-29,36-40,42-47H2,1-3H3,(H,65,68)/t59-,60-,61+,62-,64-/m0/s1. The molecule has 2 saturated heterocycles. The number of amides is 2. The summed E-state index contributed by atoms with van der Waals surface area (Å²) in [7, 11) is 4.04. The molecule has 11 heteroatoms. The highest BCUT2D eigenvalue weighted by molar-refractivity contribution is 5.77. The van der Waals surface area contributed by atoms with E-state index in [2.05, 4.69) is 108 Å². The van der Waals surface area contributed by atoms with Crippen LogP contribution >= 0.6 is 0 Å². The summed E-state index contributed by atoms with van der Waals surface area (Å²) in [6, 6.07) is 56.0. The first kappa shape index (κ1) is 53.8. The summed E-state index contributed by atoms with van der Waals surface area (Å²) in [4.78, 5) is 29.9. The third-order valence-electron chi connectivity index (χ3n) is 15.3. The molecule has 75 heavy (non-hydrogen) atoms. The van der Waals surface area contributed by atoms with Gasteiger partial charge >= 0.3 is 0 Å². The molecule has 1 saturated carbocycles. The van der Waals surface area contributed by atoms with Gasteiger partial charge in [-0.25, -0.2) is 0 Å². The number of benzene rings is 6. The number of likely N-dealkylation sites (N-methyl/N-ethyl adjacent to an activating group) is 1. The molecule has 1 aliphatic carbocycles. The molecule has 394 valence electrons. The van der Waals surface area contributed by atoms with E-state index in [9.17, 15) is 9.59 Å². The summed E-state index contributed by atoms with van der Waals surface area (Å²) in [6.45, 7) is 5.15. The normalized spacial score (nSPS) is 21.9. The third-order valence-corrected chi connectivity index (χ3v) is 15.3. The molecule has 2 heterocycles. The van der Waals surface area contributed by atoms with Crippen LogP contribution in [0.1, 0.15) is 95.0 Å². The maximum absolute atomic E-state index is 14.0. The van der Waals surface area contributed by atoms with Crippen molar-refractivity contribution in [3.63, 3.8) is 0 Å². The van der Waals surface area contributed by atoms with Crippen LogP contribution in [-0.2, 0) is 83.1 Å². The Hall–Kier alpha value is -6.02. The molecule has 6 aromatic rings. The minimum absolute atomic E-state index is 0.0988. The number of ether oxygens (including phenoxy) is 6. The summed E-state index contributed by atoms with van der Waals surface area (Å²) in [5.41, 5.74) is 7.88. The van der Waals surface area contributed by atoms with Gasteiger partial charge in [-0.05, 0) is 117 Å². The summed E-state index contributed by atoms with van der Waals surface area (Å²) in [5, 5.41) is 3.09. The minimum Gasteiger partial charge on any atom is -0.374 e. The van der Waals surface area contributed by atoms with Crippen LogP contribution in [0, 0.1) is 6.92 Å². The Balaban J connectivity index is 0.988. The molecule has 3 aliphatic rings. The maximum Gasteiger partial charge on any atom is 0.225 e. The number of fused-ring (bicyclic) bond motifs is 2. The predicted octanol–water partition coefficient (Wildman–Crippen LogP) is 10.6. The van der Waals surface area contributed by atoms with E-state index in [0.717, 1.165) is 102 Å². The zero-order chi connectivity index (χ0) is 51.9. The van der Waals surface area contributed by atoms with E-state index in [1.807, 2.05) is 91.8 Å². The minimum atomic E-state index is -1.40. The third kappa shape index (κ3) is 13.3. The van der Waals surface area contributed by atoms with E-state index in [1.165, 1.54) is 5.56 Å². The number of carbonyl (C=O) groups is 2.